The molecule has 0 radical (unpaired) electrons. The Balaban J connectivity index is 3.57. The van der Waals surface area contributed by atoms with E-state index >= 15 is 0 Å². The van der Waals surface area contributed by atoms with Gasteiger partial charge in [0.15, 0.2) is 0 Å². The van der Waals surface area contributed by atoms with E-state index < -0.39 is 9.53 Å². The Bertz CT molecular complexity index is 219. The van der Waals surface area contributed by atoms with Crippen LogP contribution in [0.15, 0.2) is 12.7 Å². The van der Waals surface area contributed by atoms with Gasteiger partial charge >= 0.3 is 9.53 Å². The molecule has 4 heteroatoms. The van der Waals surface area contributed by atoms with Crippen molar-refractivity contribution in [3.05, 3.63) is 12.7 Å². The molecular formula is C19H40O3Si. The van der Waals surface area contributed by atoms with Crippen LogP contribution in [0.3, 0.4) is 0 Å². The van der Waals surface area contributed by atoms with Crippen LogP contribution in [-0.4, -0.2) is 29.3 Å². The van der Waals surface area contributed by atoms with Gasteiger partial charge in [0.2, 0.25) is 0 Å². The van der Waals surface area contributed by atoms with E-state index in [0.29, 0.717) is 6.61 Å². The number of hydrogen-bond acceptors (Lipinski definition) is 3. The maximum atomic E-state index is 5.84. The van der Waals surface area contributed by atoms with Crippen LogP contribution in [0.2, 0.25) is 0 Å². The molecule has 23 heavy (non-hydrogen) atoms. The summed E-state index contributed by atoms with van der Waals surface area (Å²) in [6.45, 7) is 10.3. The summed E-state index contributed by atoms with van der Waals surface area (Å²) in [7, 11) is -1.95. The van der Waals surface area contributed by atoms with Crippen molar-refractivity contribution in [3.8, 4) is 0 Å². The molecular weight excluding hydrogens is 304 g/mol. The van der Waals surface area contributed by atoms with Gasteiger partial charge in [-0.25, -0.2) is 0 Å². The fourth-order valence-corrected chi connectivity index (χ4v) is 3.71. The molecule has 138 valence electrons. The van der Waals surface area contributed by atoms with Crippen LogP contribution in [0.5, 0.6) is 0 Å². The average Bonchev–Trinajstić information content (AvgIpc) is 2.57. The largest absolute Gasteiger partial charge is 0.484 e. The van der Waals surface area contributed by atoms with Gasteiger partial charge in [-0.2, -0.15) is 0 Å². The molecule has 0 aromatic rings. The minimum Gasteiger partial charge on any atom is -0.376 e. The third kappa shape index (κ3) is 18.0. The molecule has 0 heterocycles. The van der Waals surface area contributed by atoms with E-state index in [-0.39, 0.29) is 0 Å². The van der Waals surface area contributed by atoms with Crippen molar-refractivity contribution in [3.63, 3.8) is 0 Å². The SMILES string of the molecule is C=CCO[SiH](OCCCCCCCC)OCCCCCCCC. The second-order valence-corrected chi connectivity index (χ2v) is 7.77. The Morgan fingerprint density at radius 1 is 0.652 bits per heavy atom. The second-order valence-electron chi connectivity index (χ2n) is 6.19. The fraction of sp³-hybridized carbons (Fsp3) is 0.895. The Morgan fingerprint density at radius 3 is 1.52 bits per heavy atom. The highest BCUT2D eigenvalue weighted by atomic mass is 28.3. The van der Waals surface area contributed by atoms with Gasteiger partial charge in [-0.05, 0) is 12.8 Å². The number of unbranched alkanes of at least 4 members (excludes halogenated alkanes) is 10. The summed E-state index contributed by atoms with van der Waals surface area (Å²) in [5.74, 6) is 0. The van der Waals surface area contributed by atoms with E-state index in [0.717, 1.165) is 26.1 Å². The summed E-state index contributed by atoms with van der Waals surface area (Å²) in [5, 5.41) is 0. The molecule has 0 aliphatic rings. The molecule has 0 aliphatic carbocycles. The Kier molecular flexibility index (Phi) is 19.7. The van der Waals surface area contributed by atoms with E-state index in [1.165, 1.54) is 64.2 Å². The molecule has 0 aromatic heterocycles. The maximum absolute atomic E-state index is 5.84. The fourth-order valence-electron chi connectivity index (χ4n) is 2.41. The monoisotopic (exact) mass is 344 g/mol. The van der Waals surface area contributed by atoms with Crippen LogP contribution >= 0.6 is 0 Å². The van der Waals surface area contributed by atoms with Gasteiger partial charge < -0.3 is 13.3 Å². The van der Waals surface area contributed by atoms with Crippen LogP contribution in [0.4, 0.5) is 0 Å². The molecule has 0 aliphatic heterocycles. The third-order valence-corrected chi connectivity index (χ3v) is 5.33. The van der Waals surface area contributed by atoms with Crippen molar-refractivity contribution < 1.29 is 13.3 Å². The lowest BCUT2D eigenvalue weighted by Gasteiger charge is -2.16. The molecule has 0 saturated carbocycles. The molecule has 0 aromatic carbocycles. The lowest BCUT2D eigenvalue weighted by atomic mass is 10.1. The summed E-state index contributed by atoms with van der Waals surface area (Å²) in [5.41, 5.74) is 0. The van der Waals surface area contributed by atoms with E-state index in [1.54, 1.807) is 6.08 Å². The molecule has 0 spiro atoms. The first-order valence-electron chi connectivity index (χ1n) is 9.80. The smallest absolute Gasteiger partial charge is 0.376 e. The highest BCUT2D eigenvalue weighted by Gasteiger charge is 2.14. The van der Waals surface area contributed by atoms with Crippen LogP contribution in [0.1, 0.15) is 90.9 Å². The van der Waals surface area contributed by atoms with Crippen LogP contribution < -0.4 is 0 Å². The summed E-state index contributed by atoms with van der Waals surface area (Å²) < 4.78 is 17.3. The van der Waals surface area contributed by atoms with Crippen molar-refractivity contribution in [1.82, 2.24) is 0 Å². The lowest BCUT2D eigenvalue weighted by molar-refractivity contribution is 0.0988. The van der Waals surface area contributed by atoms with Crippen LogP contribution in [0, 0.1) is 0 Å². The zero-order valence-electron chi connectivity index (χ0n) is 15.7. The quantitative estimate of drug-likeness (QED) is 0.172. The van der Waals surface area contributed by atoms with Gasteiger partial charge in [0.05, 0.1) is 6.61 Å². The highest BCUT2D eigenvalue weighted by molar-refractivity contribution is 6.36. The lowest BCUT2D eigenvalue weighted by Crippen LogP contribution is -2.28. The van der Waals surface area contributed by atoms with Gasteiger partial charge in [0.1, 0.15) is 0 Å². The third-order valence-electron chi connectivity index (χ3n) is 3.85. The predicted molar refractivity (Wildman–Crippen MR) is 102 cm³/mol. The molecule has 0 rings (SSSR count). The van der Waals surface area contributed by atoms with Crippen molar-refractivity contribution in [2.24, 2.45) is 0 Å². The van der Waals surface area contributed by atoms with Crippen molar-refractivity contribution in [2.75, 3.05) is 19.8 Å². The predicted octanol–water partition coefficient (Wildman–Crippen LogP) is 5.66. The normalized spacial score (nSPS) is 11.3. The zero-order chi connectivity index (χ0) is 17.0. The first-order valence-corrected chi connectivity index (χ1v) is 11.2. The summed E-state index contributed by atoms with van der Waals surface area (Å²) in [6.07, 6.45) is 17.1. The number of hydrogen-bond donors (Lipinski definition) is 0. The van der Waals surface area contributed by atoms with Gasteiger partial charge in [0, 0.05) is 13.2 Å². The van der Waals surface area contributed by atoms with Crippen molar-refractivity contribution >= 4 is 9.53 Å². The Hall–Kier alpha value is -0.163. The maximum Gasteiger partial charge on any atom is 0.484 e. The molecule has 0 bridgehead atoms. The first kappa shape index (κ1) is 22.8. The van der Waals surface area contributed by atoms with Gasteiger partial charge in [-0.1, -0.05) is 84.1 Å². The van der Waals surface area contributed by atoms with E-state index in [1.807, 2.05) is 0 Å². The molecule has 0 unspecified atom stereocenters. The first-order chi connectivity index (χ1) is 11.3. The number of rotatable bonds is 19. The van der Waals surface area contributed by atoms with Crippen LogP contribution in [0.25, 0.3) is 0 Å². The van der Waals surface area contributed by atoms with Gasteiger partial charge in [-0.15, -0.1) is 6.58 Å². The minimum atomic E-state index is -1.95. The summed E-state index contributed by atoms with van der Waals surface area (Å²) in [6, 6.07) is 0. The van der Waals surface area contributed by atoms with Gasteiger partial charge in [-0.3, -0.25) is 0 Å². The molecule has 0 N–H and O–H groups in total. The van der Waals surface area contributed by atoms with Crippen molar-refractivity contribution in [2.45, 2.75) is 90.9 Å². The van der Waals surface area contributed by atoms with Crippen molar-refractivity contribution in [1.29, 1.82) is 0 Å². The standard InChI is InChI=1S/C19H40O3Si/c1-4-7-9-11-13-15-18-21-23(20-17-6-3)22-19-16-14-12-10-8-5-2/h6,23H,3-5,7-19H2,1-2H3. The highest BCUT2D eigenvalue weighted by Crippen LogP contribution is 2.07. The van der Waals surface area contributed by atoms with E-state index in [4.69, 9.17) is 13.3 Å². The summed E-state index contributed by atoms with van der Waals surface area (Å²) >= 11 is 0. The molecule has 0 amide bonds. The average molecular weight is 345 g/mol. The van der Waals surface area contributed by atoms with E-state index in [2.05, 4.69) is 20.4 Å². The molecule has 0 saturated heterocycles. The minimum absolute atomic E-state index is 0.532. The summed E-state index contributed by atoms with van der Waals surface area (Å²) in [4.78, 5) is 0. The second kappa shape index (κ2) is 19.9. The van der Waals surface area contributed by atoms with Crippen LogP contribution in [-0.2, 0) is 13.3 Å². The molecule has 0 fully saturated rings. The molecule has 3 nitrogen and oxygen atoms in total. The topological polar surface area (TPSA) is 27.7 Å². The Morgan fingerprint density at radius 2 is 1.09 bits per heavy atom. The van der Waals surface area contributed by atoms with E-state index in [9.17, 15) is 0 Å². The zero-order valence-corrected chi connectivity index (χ0v) is 16.8. The van der Waals surface area contributed by atoms with Gasteiger partial charge in [0.25, 0.3) is 0 Å². The Labute approximate surface area is 146 Å². The molecule has 0 atom stereocenters.